The number of carbonyl (C=O) groups is 2. The van der Waals surface area contributed by atoms with Crippen LogP contribution in [0.25, 0.3) is 0 Å². The van der Waals surface area contributed by atoms with Gasteiger partial charge in [0.25, 0.3) is 0 Å². The second kappa shape index (κ2) is 7.65. The molecule has 0 aromatic heterocycles. The van der Waals surface area contributed by atoms with Gasteiger partial charge < -0.3 is 15.5 Å². The van der Waals surface area contributed by atoms with Gasteiger partial charge in [-0.1, -0.05) is 19.3 Å². The van der Waals surface area contributed by atoms with Crippen LogP contribution in [0.4, 0.5) is 0 Å². The molecule has 0 aromatic carbocycles. The van der Waals surface area contributed by atoms with E-state index in [9.17, 15) is 9.59 Å². The third-order valence-electron chi connectivity index (χ3n) is 5.72. The number of fused-ring (bicyclic) bond motifs is 2. The Hall–Kier alpha value is -1.10. The zero-order valence-corrected chi connectivity index (χ0v) is 14.4. The Kier molecular flexibility index (Phi) is 5.57. The molecule has 3 unspecified atom stereocenters. The quantitative estimate of drug-likeness (QED) is 0.830. The van der Waals surface area contributed by atoms with Gasteiger partial charge in [0, 0.05) is 43.6 Å². The molecule has 0 radical (unpaired) electrons. The maximum absolute atomic E-state index is 12.5. The van der Waals surface area contributed by atoms with Crippen molar-refractivity contribution in [3.63, 3.8) is 0 Å². The van der Waals surface area contributed by atoms with E-state index in [1.165, 1.54) is 19.3 Å². The van der Waals surface area contributed by atoms with Crippen LogP contribution in [0.5, 0.6) is 0 Å². The lowest BCUT2D eigenvalue weighted by atomic mass is 9.88. The summed E-state index contributed by atoms with van der Waals surface area (Å²) in [6.45, 7) is 3.65. The molecule has 23 heavy (non-hydrogen) atoms. The molecule has 2 aliphatic heterocycles. The first-order chi connectivity index (χ1) is 11.1. The predicted octanol–water partition coefficient (Wildman–Crippen LogP) is 1.81. The van der Waals surface area contributed by atoms with Crippen molar-refractivity contribution in [1.29, 1.82) is 0 Å². The molecular weight excluding hydrogens is 290 g/mol. The molecule has 3 rings (SSSR count). The van der Waals surface area contributed by atoms with Crippen molar-refractivity contribution in [3.05, 3.63) is 0 Å². The highest BCUT2D eigenvalue weighted by Gasteiger charge is 2.31. The van der Waals surface area contributed by atoms with Crippen molar-refractivity contribution in [2.24, 2.45) is 5.92 Å². The summed E-state index contributed by atoms with van der Waals surface area (Å²) in [6, 6.07) is 1.00. The maximum Gasteiger partial charge on any atom is 0.224 e. The highest BCUT2D eigenvalue weighted by atomic mass is 16.2. The molecular formula is C18H31N3O2. The Labute approximate surface area is 139 Å². The summed E-state index contributed by atoms with van der Waals surface area (Å²) in [5.41, 5.74) is 0. The van der Waals surface area contributed by atoms with Gasteiger partial charge in [0.1, 0.15) is 0 Å². The van der Waals surface area contributed by atoms with Crippen LogP contribution in [-0.2, 0) is 9.59 Å². The SMILES string of the molecule is CC(CC(=O)N1CCC2CCC(C1)N2)NC(=O)C1CCCCC1. The lowest BCUT2D eigenvalue weighted by Crippen LogP contribution is -2.44. The number of hydrogen-bond donors (Lipinski definition) is 2. The molecule has 2 heterocycles. The number of rotatable bonds is 4. The fourth-order valence-corrected chi connectivity index (χ4v) is 4.34. The number of amides is 2. The Morgan fingerprint density at radius 1 is 1.09 bits per heavy atom. The highest BCUT2D eigenvalue weighted by molar-refractivity contribution is 5.81. The fraction of sp³-hybridized carbons (Fsp3) is 0.889. The van der Waals surface area contributed by atoms with Gasteiger partial charge in [-0.15, -0.1) is 0 Å². The predicted molar refractivity (Wildman–Crippen MR) is 89.9 cm³/mol. The molecule has 2 amide bonds. The molecule has 3 atom stereocenters. The second-order valence-electron chi connectivity index (χ2n) is 7.71. The third-order valence-corrected chi connectivity index (χ3v) is 5.72. The number of likely N-dealkylation sites (tertiary alicyclic amines) is 1. The summed E-state index contributed by atoms with van der Waals surface area (Å²) in [4.78, 5) is 26.8. The van der Waals surface area contributed by atoms with Crippen LogP contribution < -0.4 is 10.6 Å². The number of hydrogen-bond acceptors (Lipinski definition) is 3. The van der Waals surface area contributed by atoms with Crippen LogP contribution in [0, 0.1) is 5.92 Å². The highest BCUT2D eigenvalue weighted by Crippen LogP contribution is 2.24. The molecule has 130 valence electrons. The normalized spacial score (nSPS) is 29.9. The molecule has 0 spiro atoms. The van der Waals surface area contributed by atoms with E-state index >= 15 is 0 Å². The Balaban J connectivity index is 1.44. The van der Waals surface area contributed by atoms with Gasteiger partial charge >= 0.3 is 0 Å². The maximum atomic E-state index is 12.5. The molecule has 3 fully saturated rings. The first-order valence-electron chi connectivity index (χ1n) is 9.46. The molecule has 5 nitrogen and oxygen atoms in total. The minimum atomic E-state index is -0.0645. The van der Waals surface area contributed by atoms with E-state index < -0.39 is 0 Å². The Morgan fingerprint density at radius 2 is 1.83 bits per heavy atom. The first kappa shape index (κ1) is 16.7. The summed E-state index contributed by atoms with van der Waals surface area (Å²) < 4.78 is 0. The molecule has 1 saturated carbocycles. The Bertz CT molecular complexity index is 434. The standard InChI is InChI=1S/C18H31N3O2/c1-13(19-18(23)14-5-3-2-4-6-14)11-17(22)21-10-9-15-7-8-16(12-21)20-15/h13-16,20H,2-12H2,1H3,(H,19,23). The van der Waals surface area contributed by atoms with Gasteiger partial charge in [0.05, 0.1) is 0 Å². The van der Waals surface area contributed by atoms with Crippen molar-refractivity contribution >= 4 is 11.8 Å². The fourth-order valence-electron chi connectivity index (χ4n) is 4.34. The molecule has 1 aliphatic carbocycles. The van der Waals surface area contributed by atoms with Gasteiger partial charge in [-0.05, 0) is 39.0 Å². The van der Waals surface area contributed by atoms with Crippen LogP contribution in [0.2, 0.25) is 0 Å². The summed E-state index contributed by atoms with van der Waals surface area (Å²) in [7, 11) is 0. The van der Waals surface area contributed by atoms with Gasteiger partial charge in [-0.25, -0.2) is 0 Å². The lowest BCUT2D eigenvalue weighted by molar-refractivity contribution is -0.132. The molecule has 2 saturated heterocycles. The third kappa shape index (κ3) is 4.46. The minimum absolute atomic E-state index is 0.0645. The van der Waals surface area contributed by atoms with Crippen LogP contribution in [-0.4, -0.2) is 47.9 Å². The number of carbonyl (C=O) groups excluding carboxylic acids is 2. The summed E-state index contributed by atoms with van der Waals surface area (Å²) in [5, 5.41) is 6.67. The van der Waals surface area contributed by atoms with Crippen LogP contribution in [0.1, 0.15) is 64.7 Å². The van der Waals surface area contributed by atoms with Crippen LogP contribution in [0.3, 0.4) is 0 Å². The average Bonchev–Trinajstić information content (AvgIpc) is 2.86. The first-order valence-corrected chi connectivity index (χ1v) is 9.46. The van der Waals surface area contributed by atoms with Gasteiger partial charge in [0.15, 0.2) is 0 Å². The average molecular weight is 321 g/mol. The van der Waals surface area contributed by atoms with E-state index in [0.717, 1.165) is 45.2 Å². The number of nitrogens with zero attached hydrogens (tertiary/aromatic N) is 1. The second-order valence-corrected chi connectivity index (χ2v) is 7.71. The van der Waals surface area contributed by atoms with Crippen LogP contribution >= 0.6 is 0 Å². The molecule has 0 aromatic rings. The van der Waals surface area contributed by atoms with E-state index in [-0.39, 0.29) is 23.8 Å². The molecule has 2 bridgehead atoms. The summed E-state index contributed by atoms with van der Waals surface area (Å²) in [5.74, 6) is 0.511. The van der Waals surface area contributed by atoms with E-state index in [2.05, 4.69) is 10.6 Å². The Morgan fingerprint density at radius 3 is 2.61 bits per heavy atom. The van der Waals surface area contributed by atoms with Crippen molar-refractivity contribution in [2.45, 2.75) is 82.8 Å². The van der Waals surface area contributed by atoms with Crippen molar-refractivity contribution in [2.75, 3.05) is 13.1 Å². The van der Waals surface area contributed by atoms with E-state index in [0.29, 0.717) is 18.5 Å². The van der Waals surface area contributed by atoms with Gasteiger partial charge in [0.2, 0.25) is 11.8 Å². The summed E-state index contributed by atoms with van der Waals surface area (Å²) >= 11 is 0. The zero-order chi connectivity index (χ0) is 16.2. The van der Waals surface area contributed by atoms with Gasteiger partial charge in [-0.3, -0.25) is 9.59 Å². The lowest BCUT2D eigenvalue weighted by Gasteiger charge is -2.27. The van der Waals surface area contributed by atoms with Crippen molar-refractivity contribution in [3.8, 4) is 0 Å². The molecule has 2 N–H and O–H groups in total. The van der Waals surface area contributed by atoms with Crippen molar-refractivity contribution < 1.29 is 9.59 Å². The van der Waals surface area contributed by atoms with E-state index in [4.69, 9.17) is 0 Å². The topological polar surface area (TPSA) is 61.4 Å². The monoisotopic (exact) mass is 321 g/mol. The molecule has 5 heteroatoms. The zero-order valence-electron chi connectivity index (χ0n) is 14.4. The van der Waals surface area contributed by atoms with E-state index in [1.54, 1.807) is 0 Å². The number of nitrogens with one attached hydrogen (secondary N) is 2. The van der Waals surface area contributed by atoms with Gasteiger partial charge in [-0.2, -0.15) is 0 Å². The minimum Gasteiger partial charge on any atom is -0.353 e. The molecule has 3 aliphatic rings. The largest absolute Gasteiger partial charge is 0.353 e. The smallest absolute Gasteiger partial charge is 0.224 e. The summed E-state index contributed by atoms with van der Waals surface area (Å²) in [6.07, 6.45) is 9.51. The van der Waals surface area contributed by atoms with Crippen LogP contribution in [0.15, 0.2) is 0 Å². The van der Waals surface area contributed by atoms with E-state index in [1.807, 2.05) is 11.8 Å². The van der Waals surface area contributed by atoms with Crippen molar-refractivity contribution in [1.82, 2.24) is 15.5 Å².